The Kier molecular flexibility index (Phi) is 6.25. The van der Waals surface area contributed by atoms with Crippen LogP contribution in [-0.2, 0) is 11.3 Å². The molecule has 0 unspecified atom stereocenters. The quantitative estimate of drug-likeness (QED) is 0.535. The molecule has 3 rings (SSSR count). The molecule has 0 spiro atoms. The first-order valence-electron chi connectivity index (χ1n) is 9.25. The number of imidazole rings is 1. The van der Waals surface area contributed by atoms with Crippen molar-refractivity contribution < 1.29 is 19.5 Å². The Balaban J connectivity index is 1.46. The second-order valence-corrected chi connectivity index (χ2v) is 8.04. The van der Waals surface area contributed by atoms with Crippen molar-refractivity contribution in [2.24, 2.45) is 0 Å². The molecule has 0 aromatic carbocycles. The molecule has 150 valence electrons. The Morgan fingerprint density at radius 1 is 1.25 bits per heavy atom. The highest BCUT2D eigenvalue weighted by molar-refractivity contribution is 7.15. The maximum Gasteiger partial charge on any atom is 0.263 e. The number of hydrogen-bond donors (Lipinski definition) is 2. The predicted octanol–water partition coefficient (Wildman–Crippen LogP) is 1.32. The number of amides is 2. The summed E-state index contributed by atoms with van der Waals surface area (Å²) in [5, 5.41) is 13.4. The van der Waals surface area contributed by atoms with E-state index in [0.717, 1.165) is 13.0 Å². The van der Waals surface area contributed by atoms with Crippen molar-refractivity contribution in [3.05, 3.63) is 40.6 Å². The van der Waals surface area contributed by atoms with E-state index in [2.05, 4.69) is 10.3 Å². The number of nitrogens with one attached hydrogen (secondary N) is 1. The highest BCUT2D eigenvalue weighted by Gasteiger charge is 2.40. The van der Waals surface area contributed by atoms with Gasteiger partial charge in [-0.15, -0.1) is 11.3 Å². The summed E-state index contributed by atoms with van der Waals surface area (Å²) < 4.78 is 1.92. The van der Waals surface area contributed by atoms with Crippen molar-refractivity contribution in [1.29, 1.82) is 0 Å². The molecule has 1 aliphatic rings. The van der Waals surface area contributed by atoms with Crippen LogP contribution in [0.15, 0.2) is 30.9 Å². The fourth-order valence-corrected chi connectivity index (χ4v) is 4.02. The number of likely N-dealkylation sites (tertiary alicyclic amines) is 1. The number of hydrogen-bond acceptors (Lipinski definition) is 6. The third kappa shape index (κ3) is 4.66. The number of aliphatic hydroxyl groups is 1. The van der Waals surface area contributed by atoms with Gasteiger partial charge < -0.3 is 19.9 Å². The lowest BCUT2D eigenvalue weighted by Crippen LogP contribution is -2.54. The zero-order chi connectivity index (χ0) is 20.1. The number of carbonyl (C=O) groups is 3. The Morgan fingerprint density at radius 2 is 1.96 bits per heavy atom. The summed E-state index contributed by atoms with van der Waals surface area (Å²) in [6.45, 7) is 3.26. The molecule has 2 N–H and O–H groups in total. The van der Waals surface area contributed by atoms with Gasteiger partial charge in [0.05, 0.1) is 16.1 Å². The van der Waals surface area contributed by atoms with Gasteiger partial charge in [-0.1, -0.05) is 0 Å². The van der Waals surface area contributed by atoms with Crippen LogP contribution in [-0.4, -0.2) is 62.4 Å². The maximum atomic E-state index is 12.6. The molecule has 0 radical (unpaired) electrons. The van der Waals surface area contributed by atoms with E-state index >= 15 is 0 Å². The average Bonchev–Trinajstić information content (AvgIpc) is 3.37. The van der Waals surface area contributed by atoms with Gasteiger partial charge in [-0.05, 0) is 25.5 Å². The van der Waals surface area contributed by atoms with Crippen LogP contribution in [0.3, 0.4) is 0 Å². The third-order valence-corrected chi connectivity index (χ3v) is 6.08. The monoisotopic (exact) mass is 404 g/mol. The Hall–Kier alpha value is -2.52. The lowest BCUT2D eigenvalue weighted by atomic mass is 9.90. The first kappa shape index (κ1) is 20.2. The van der Waals surface area contributed by atoms with Crippen LogP contribution < -0.4 is 5.32 Å². The normalized spacial score (nSPS) is 16.0. The molecular weight excluding hydrogens is 380 g/mol. The molecule has 1 saturated heterocycles. The Labute approximate surface area is 167 Å². The van der Waals surface area contributed by atoms with E-state index in [0.29, 0.717) is 29.4 Å². The molecule has 0 aliphatic carbocycles. The number of Topliss-reactive ketones (excluding diaryl/α,β-unsaturated/α-hetero) is 1. The standard InChI is InChI=1S/C19H24N4O4S/c1-14(24)15-3-4-16(28-15)17(25)23-10-5-19(27,6-11-23)18(26)21-7-2-9-22-12-8-20-13-22/h3-4,8,12-13,27H,2,5-7,9-11H2,1H3,(H,21,26). The molecule has 28 heavy (non-hydrogen) atoms. The number of piperidine rings is 1. The van der Waals surface area contributed by atoms with E-state index in [1.165, 1.54) is 18.3 Å². The lowest BCUT2D eigenvalue weighted by Gasteiger charge is -2.36. The molecule has 0 bridgehead atoms. The second-order valence-electron chi connectivity index (χ2n) is 6.95. The number of carbonyl (C=O) groups excluding carboxylic acids is 3. The molecule has 1 fully saturated rings. The van der Waals surface area contributed by atoms with Gasteiger partial charge in [-0.3, -0.25) is 14.4 Å². The van der Waals surface area contributed by atoms with Crippen LogP contribution in [0.1, 0.15) is 45.5 Å². The van der Waals surface area contributed by atoms with Gasteiger partial charge in [-0.2, -0.15) is 0 Å². The summed E-state index contributed by atoms with van der Waals surface area (Å²) in [5.41, 5.74) is -1.45. The summed E-state index contributed by atoms with van der Waals surface area (Å²) in [7, 11) is 0. The van der Waals surface area contributed by atoms with E-state index in [-0.39, 0.29) is 30.4 Å². The highest BCUT2D eigenvalue weighted by Crippen LogP contribution is 2.26. The summed E-state index contributed by atoms with van der Waals surface area (Å²) in [6, 6.07) is 3.30. The summed E-state index contributed by atoms with van der Waals surface area (Å²) in [5.74, 6) is -0.623. The van der Waals surface area contributed by atoms with Crippen LogP contribution in [0.5, 0.6) is 0 Å². The Bertz CT molecular complexity index is 838. The molecular formula is C19H24N4O4S. The zero-order valence-corrected chi connectivity index (χ0v) is 16.6. The average molecular weight is 404 g/mol. The van der Waals surface area contributed by atoms with Crippen LogP contribution in [0.4, 0.5) is 0 Å². The minimum absolute atomic E-state index is 0.0678. The predicted molar refractivity (Wildman–Crippen MR) is 104 cm³/mol. The molecule has 0 atom stereocenters. The van der Waals surface area contributed by atoms with E-state index in [1.807, 2.05) is 10.8 Å². The molecule has 2 aromatic heterocycles. The fraction of sp³-hybridized carbons (Fsp3) is 0.474. The first-order valence-corrected chi connectivity index (χ1v) is 10.1. The van der Waals surface area contributed by atoms with Crippen LogP contribution in [0.2, 0.25) is 0 Å². The van der Waals surface area contributed by atoms with Crippen LogP contribution in [0.25, 0.3) is 0 Å². The maximum absolute atomic E-state index is 12.6. The summed E-state index contributed by atoms with van der Waals surface area (Å²) in [4.78, 5) is 43.0. The van der Waals surface area contributed by atoms with E-state index < -0.39 is 5.60 Å². The van der Waals surface area contributed by atoms with Gasteiger partial charge in [0, 0.05) is 51.4 Å². The largest absolute Gasteiger partial charge is 0.380 e. The number of aromatic nitrogens is 2. The van der Waals surface area contributed by atoms with Crippen LogP contribution in [0, 0.1) is 0 Å². The molecule has 0 saturated carbocycles. The highest BCUT2D eigenvalue weighted by atomic mass is 32.1. The number of nitrogens with zero attached hydrogens (tertiary/aromatic N) is 3. The minimum Gasteiger partial charge on any atom is -0.380 e. The molecule has 1 aliphatic heterocycles. The third-order valence-electron chi connectivity index (χ3n) is 4.90. The molecule has 3 heterocycles. The van der Waals surface area contributed by atoms with E-state index in [9.17, 15) is 19.5 Å². The Morgan fingerprint density at radius 3 is 2.57 bits per heavy atom. The molecule has 9 heteroatoms. The number of rotatable bonds is 7. The van der Waals surface area contributed by atoms with Crippen molar-refractivity contribution in [3.63, 3.8) is 0 Å². The van der Waals surface area contributed by atoms with Gasteiger partial charge in [0.25, 0.3) is 11.8 Å². The number of ketones is 1. The van der Waals surface area contributed by atoms with Gasteiger partial charge in [0.2, 0.25) is 0 Å². The first-order chi connectivity index (χ1) is 13.4. The van der Waals surface area contributed by atoms with Crippen molar-refractivity contribution in [1.82, 2.24) is 19.8 Å². The molecule has 8 nitrogen and oxygen atoms in total. The van der Waals surface area contributed by atoms with Crippen molar-refractivity contribution in [3.8, 4) is 0 Å². The molecule has 2 amide bonds. The van der Waals surface area contributed by atoms with Crippen molar-refractivity contribution in [2.75, 3.05) is 19.6 Å². The van der Waals surface area contributed by atoms with E-state index in [1.54, 1.807) is 29.6 Å². The van der Waals surface area contributed by atoms with E-state index in [4.69, 9.17) is 0 Å². The fourth-order valence-electron chi connectivity index (χ4n) is 3.15. The number of aryl methyl sites for hydroxylation is 1. The van der Waals surface area contributed by atoms with Crippen molar-refractivity contribution in [2.45, 2.75) is 38.3 Å². The lowest BCUT2D eigenvalue weighted by molar-refractivity contribution is -0.144. The summed E-state index contributed by atoms with van der Waals surface area (Å²) >= 11 is 1.17. The van der Waals surface area contributed by atoms with Gasteiger partial charge in [0.15, 0.2) is 5.78 Å². The zero-order valence-electron chi connectivity index (χ0n) is 15.8. The van der Waals surface area contributed by atoms with Gasteiger partial charge in [-0.25, -0.2) is 4.98 Å². The topological polar surface area (TPSA) is 105 Å². The SMILES string of the molecule is CC(=O)c1ccc(C(=O)N2CCC(O)(C(=O)NCCCn3ccnc3)CC2)s1. The second kappa shape index (κ2) is 8.66. The molecule has 2 aromatic rings. The minimum atomic E-state index is -1.45. The van der Waals surface area contributed by atoms with Gasteiger partial charge >= 0.3 is 0 Å². The van der Waals surface area contributed by atoms with Gasteiger partial charge in [0.1, 0.15) is 5.60 Å². The smallest absolute Gasteiger partial charge is 0.263 e. The summed E-state index contributed by atoms with van der Waals surface area (Å²) in [6.07, 6.45) is 6.39. The number of thiophene rings is 1. The van der Waals surface area contributed by atoms with Crippen LogP contribution >= 0.6 is 11.3 Å². The van der Waals surface area contributed by atoms with Crippen molar-refractivity contribution >= 4 is 28.9 Å².